The van der Waals surface area contributed by atoms with Crippen LogP contribution in [-0.2, 0) is 10.0 Å². The first-order valence-electron chi connectivity index (χ1n) is 6.47. The molecule has 0 aromatic heterocycles. The third kappa shape index (κ3) is 3.01. The van der Waals surface area contributed by atoms with E-state index in [1.165, 1.54) is 26.2 Å². The van der Waals surface area contributed by atoms with Crippen molar-refractivity contribution >= 4 is 16.1 Å². The number of benzene rings is 1. The summed E-state index contributed by atoms with van der Waals surface area (Å²) in [6.07, 6.45) is 0. The third-order valence-corrected chi connectivity index (χ3v) is 5.20. The van der Waals surface area contributed by atoms with Crippen molar-refractivity contribution < 1.29 is 17.6 Å². The molecule has 1 fully saturated rings. The van der Waals surface area contributed by atoms with Gasteiger partial charge in [-0.05, 0) is 31.2 Å². The number of sulfonamides is 1. The van der Waals surface area contributed by atoms with Gasteiger partial charge in [-0.15, -0.1) is 0 Å². The molecule has 2 rings (SSSR count). The normalized spacial score (nSPS) is 19.8. The highest BCUT2D eigenvalue weighted by molar-refractivity contribution is 7.89. The van der Waals surface area contributed by atoms with Gasteiger partial charge in [0.25, 0.3) is 0 Å². The molecule has 0 N–H and O–H groups in total. The maximum atomic E-state index is 12.9. The number of carbonyl (C=O) groups is 1. The number of hydrogen-bond donors (Lipinski definition) is 0. The summed E-state index contributed by atoms with van der Waals surface area (Å²) in [5, 5.41) is 0. The van der Waals surface area contributed by atoms with Gasteiger partial charge in [-0.25, -0.2) is 17.6 Å². The Bertz CT molecular complexity index is 631. The number of nitrogens with zero attached hydrogens (tertiary/aromatic N) is 3. The molecule has 0 radical (unpaired) electrons. The Balaban J connectivity index is 2.23. The lowest BCUT2D eigenvalue weighted by atomic mass is 10.3. The molecule has 1 aliphatic rings. The van der Waals surface area contributed by atoms with Gasteiger partial charge in [0.15, 0.2) is 0 Å². The summed E-state index contributed by atoms with van der Waals surface area (Å²) in [6, 6.07) is 4.22. The van der Waals surface area contributed by atoms with Crippen LogP contribution >= 0.6 is 0 Å². The topological polar surface area (TPSA) is 60.9 Å². The van der Waals surface area contributed by atoms with Gasteiger partial charge in [0, 0.05) is 26.7 Å². The zero-order valence-corrected chi connectivity index (χ0v) is 13.0. The standard InChI is InChI=1S/C13H18FN3O3S/c1-10-8-16(9-17(10)13(18)15(2)3)21(19,20)12-6-4-11(14)5-7-12/h4-7,10H,8-9H2,1-3H3. The molecule has 1 aliphatic heterocycles. The Morgan fingerprint density at radius 3 is 2.38 bits per heavy atom. The van der Waals surface area contributed by atoms with Gasteiger partial charge < -0.3 is 9.80 Å². The fraction of sp³-hybridized carbons (Fsp3) is 0.462. The van der Waals surface area contributed by atoms with Crippen molar-refractivity contribution in [2.24, 2.45) is 0 Å². The molecular weight excluding hydrogens is 297 g/mol. The van der Waals surface area contributed by atoms with Crippen LogP contribution in [0.4, 0.5) is 9.18 Å². The highest BCUT2D eigenvalue weighted by atomic mass is 32.2. The van der Waals surface area contributed by atoms with Crippen LogP contribution in [0, 0.1) is 5.82 Å². The smallest absolute Gasteiger partial charge is 0.320 e. The first-order chi connectivity index (χ1) is 9.73. The largest absolute Gasteiger partial charge is 0.331 e. The second-order valence-electron chi connectivity index (χ2n) is 5.23. The van der Waals surface area contributed by atoms with E-state index in [0.717, 1.165) is 12.1 Å². The number of halogens is 1. The lowest BCUT2D eigenvalue weighted by molar-refractivity contribution is 0.167. The summed E-state index contributed by atoms with van der Waals surface area (Å²) < 4.78 is 39.1. The van der Waals surface area contributed by atoms with E-state index in [1.54, 1.807) is 21.0 Å². The maximum absolute atomic E-state index is 12.9. The predicted octanol–water partition coefficient (Wildman–Crippen LogP) is 1.16. The number of carbonyl (C=O) groups excluding carboxylic acids is 1. The second kappa shape index (κ2) is 5.61. The summed E-state index contributed by atoms with van der Waals surface area (Å²) in [7, 11) is -0.492. The minimum absolute atomic E-state index is 0.00209. The summed E-state index contributed by atoms with van der Waals surface area (Å²) in [5.74, 6) is -0.492. The highest BCUT2D eigenvalue weighted by Gasteiger charge is 2.38. The monoisotopic (exact) mass is 315 g/mol. The molecule has 1 saturated heterocycles. The fourth-order valence-electron chi connectivity index (χ4n) is 2.20. The summed E-state index contributed by atoms with van der Waals surface area (Å²) in [4.78, 5) is 14.9. The predicted molar refractivity (Wildman–Crippen MR) is 75.5 cm³/mol. The molecule has 1 heterocycles. The molecule has 1 aromatic rings. The number of rotatable bonds is 2. The van der Waals surface area contributed by atoms with Crippen molar-refractivity contribution in [1.82, 2.24) is 14.1 Å². The molecule has 0 aliphatic carbocycles. The molecule has 0 bridgehead atoms. The van der Waals surface area contributed by atoms with E-state index in [1.807, 2.05) is 0 Å². The number of urea groups is 1. The highest BCUT2D eigenvalue weighted by Crippen LogP contribution is 2.23. The van der Waals surface area contributed by atoms with Crippen molar-refractivity contribution in [1.29, 1.82) is 0 Å². The Kier molecular flexibility index (Phi) is 4.20. The van der Waals surface area contributed by atoms with Crippen LogP contribution in [0.3, 0.4) is 0 Å². The van der Waals surface area contributed by atoms with Gasteiger partial charge in [0.05, 0.1) is 11.6 Å². The van der Waals surface area contributed by atoms with Crippen LogP contribution in [0.25, 0.3) is 0 Å². The van der Waals surface area contributed by atoms with E-state index in [0.29, 0.717) is 0 Å². The Labute approximate surface area is 123 Å². The zero-order valence-electron chi connectivity index (χ0n) is 12.2. The van der Waals surface area contributed by atoms with Gasteiger partial charge in [-0.3, -0.25) is 0 Å². The van der Waals surface area contributed by atoms with Crippen molar-refractivity contribution in [2.45, 2.75) is 17.9 Å². The average Bonchev–Trinajstić information content (AvgIpc) is 2.81. The molecule has 8 heteroatoms. The average molecular weight is 315 g/mol. The first-order valence-corrected chi connectivity index (χ1v) is 7.91. The van der Waals surface area contributed by atoms with Crippen LogP contribution in [0.15, 0.2) is 29.2 Å². The summed E-state index contributed by atoms with van der Waals surface area (Å²) >= 11 is 0. The molecule has 0 spiro atoms. The minimum Gasteiger partial charge on any atom is -0.331 e. The van der Waals surface area contributed by atoms with Gasteiger partial charge >= 0.3 is 6.03 Å². The molecule has 116 valence electrons. The van der Waals surface area contributed by atoms with Gasteiger partial charge in [0.1, 0.15) is 5.82 Å². The van der Waals surface area contributed by atoms with Crippen LogP contribution in [-0.4, -0.2) is 61.9 Å². The van der Waals surface area contributed by atoms with Crippen LogP contribution in [0.5, 0.6) is 0 Å². The molecule has 21 heavy (non-hydrogen) atoms. The van der Waals surface area contributed by atoms with Crippen molar-refractivity contribution in [3.05, 3.63) is 30.1 Å². The molecule has 0 saturated carbocycles. The van der Waals surface area contributed by atoms with Crippen molar-refractivity contribution in [3.63, 3.8) is 0 Å². The Morgan fingerprint density at radius 1 is 1.29 bits per heavy atom. The molecule has 6 nitrogen and oxygen atoms in total. The fourth-order valence-corrected chi connectivity index (χ4v) is 3.66. The molecule has 1 atom stereocenters. The first kappa shape index (κ1) is 15.7. The van der Waals surface area contributed by atoms with Gasteiger partial charge in [-0.1, -0.05) is 0 Å². The Morgan fingerprint density at radius 2 is 1.86 bits per heavy atom. The van der Waals surface area contributed by atoms with E-state index in [9.17, 15) is 17.6 Å². The second-order valence-corrected chi connectivity index (χ2v) is 7.17. The molecule has 1 unspecified atom stereocenters. The van der Waals surface area contributed by atoms with Crippen LogP contribution in [0.1, 0.15) is 6.92 Å². The molecular formula is C13H18FN3O3S. The third-order valence-electron chi connectivity index (χ3n) is 3.39. The van der Waals surface area contributed by atoms with Crippen molar-refractivity contribution in [2.75, 3.05) is 27.3 Å². The summed E-state index contributed by atoms with van der Waals surface area (Å²) in [5.41, 5.74) is 0. The van der Waals surface area contributed by atoms with Crippen molar-refractivity contribution in [3.8, 4) is 0 Å². The maximum Gasteiger partial charge on any atom is 0.320 e. The van der Waals surface area contributed by atoms with E-state index in [2.05, 4.69) is 0 Å². The molecule has 1 aromatic carbocycles. The lowest BCUT2D eigenvalue weighted by Gasteiger charge is -2.24. The number of hydrogen-bond acceptors (Lipinski definition) is 3. The van der Waals surface area contributed by atoms with Crippen LogP contribution in [0.2, 0.25) is 0 Å². The minimum atomic E-state index is -3.73. The quantitative estimate of drug-likeness (QED) is 0.823. The van der Waals surface area contributed by atoms with Crippen LogP contribution < -0.4 is 0 Å². The zero-order chi connectivity index (χ0) is 15.8. The number of amides is 2. The molecule has 2 amide bonds. The van der Waals surface area contributed by atoms with E-state index >= 15 is 0 Å². The van der Waals surface area contributed by atoms with E-state index in [-0.39, 0.29) is 30.2 Å². The van der Waals surface area contributed by atoms with Gasteiger partial charge in [-0.2, -0.15) is 4.31 Å². The summed E-state index contributed by atoms with van der Waals surface area (Å²) in [6.45, 7) is 2.01. The van der Waals surface area contributed by atoms with Gasteiger partial charge in [0.2, 0.25) is 10.0 Å². The van der Waals surface area contributed by atoms with E-state index in [4.69, 9.17) is 0 Å². The lowest BCUT2D eigenvalue weighted by Crippen LogP contribution is -2.42. The van der Waals surface area contributed by atoms with E-state index < -0.39 is 15.8 Å². The Hall–Kier alpha value is -1.67. The SMILES string of the molecule is CC1CN(S(=O)(=O)c2ccc(F)cc2)CN1C(=O)N(C)C.